The Bertz CT molecular complexity index is 55.0. The van der Waals surface area contributed by atoms with Crippen molar-refractivity contribution in [2.75, 3.05) is 0 Å². The van der Waals surface area contributed by atoms with Crippen LogP contribution < -0.4 is 0 Å². The third kappa shape index (κ3) is 7.69. The van der Waals surface area contributed by atoms with E-state index < -0.39 is 0 Å². The standard InChI is InChI=1S/C6H11.3ClH.Ti/c1-2-4-6-5-3-1;;;;/h1H,2-6H2;3*1H;. The van der Waals surface area contributed by atoms with Crippen LogP contribution in [0.1, 0.15) is 32.1 Å². The Labute approximate surface area is 93.5 Å². The van der Waals surface area contributed by atoms with Gasteiger partial charge in [-0.2, -0.15) is 0 Å². The van der Waals surface area contributed by atoms with Crippen LogP contribution in [-0.4, -0.2) is 0 Å². The predicted octanol–water partition coefficient (Wildman–Crippen LogP) is 3.55. The van der Waals surface area contributed by atoms with Crippen molar-refractivity contribution in [3.8, 4) is 0 Å². The van der Waals surface area contributed by atoms with Crippen molar-refractivity contribution in [3.05, 3.63) is 0 Å². The third-order valence-electron chi connectivity index (χ3n) is 1.61. The second-order valence-electron chi connectivity index (χ2n) is 2.33. The van der Waals surface area contributed by atoms with E-state index >= 15 is 0 Å². The van der Waals surface area contributed by atoms with E-state index in [-0.39, 0.29) is 37.2 Å². The van der Waals surface area contributed by atoms with Gasteiger partial charge in [0.2, 0.25) is 0 Å². The molecule has 0 amide bonds. The summed E-state index contributed by atoms with van der Waals surface area (Å²) >= 11 is 2.36. The molecule has 10 heavy (non-hydrogen) atoms. The van der Waals surface area contributed by atoms with Gasteiger partial charge in [-0.25, -0.2) is 0 Å². The predicted molar refractivity (Wildman–Crippen MR) is 48.6 cm³/mol. The van der Waals surface area contributed by atoms with E-state index in [9.17, 15) is 0 Å². The summed E-state index contributed by atoms with van der Waals surface area (Å²) in [7, 11) is 0. The van der Waals surface area contributed by atoms with Crippen LogP contribution in [0.15, 0.2) is 0 Å². The summed E-state index contributed by atoms with van der Waals surface area (Å²) in [5.74, 6) is 0. The van der Waals surface area contributed by atoms with Crippen LogP contribution in [0.25, 0.3) is 0 Å². The van der Waals surface area contributed by atoms with E-state index in [1.54, 1.807) is 0 Å². The minimum absolute atomic E-state index is 0. The molecule has 0 aromatic heterocycles. The van der Waals surface area contributed by atoms with Crippen LogP contribution in [0.4, 0.5) is 0 Å². The molecular weight excluding hydrogens is 226 g/mol. The minimum atomic E-state index is 0. The van der Waals surface area contributed by atoms with Gasteiger partial charge in [0.1, 0.15) is 0 Å². The van der Waals surface area contributed by atoms with Crippen LogP contribution in [0.5, 0.6) is 0 Å². The molecule has 0 unspecified atom stereocenters. The Balaban J connectivity index is -0.000000163. The maximum atomic E-state index is 2.36. The molecule has 63 valence electrons. The quantitative estimate of drug-likeness (QED) is 0.568. The van der Waals surface area contributed by atoms with Crippen LogP contribution in [-0.2, 0) is 20.4 Å². The molecule has 1 aliphatic rings. The zero-order valence-electron chi connectivity index (χ0n) is 5.84. The molecule has 4 heteroatoms. The zero-order chi connectivity index (χ0) is 5.11. The summed E-state index contributed by atoms with van der Waals surface area (Å²) in [6, 6.07) is 0. The average Bonchev–Trinajstić information content (AvgIpc) is 1.69. The number of rotatable bonds is 0. The molecule has 1 rings (SSSR count). The second-order valence-corrected chi connectivity index (χ2v) is 3.61. The number of hydrogen-bond acceptors (Lipinski definition) is 0. The summed E-state index contributed by atoms with van der Waals surface area (Å²) in [4.78, 5) is 0. The average molecular weight is 240 g/mol. The van der Waals surface area contributed by atoms with Crippen molar-refractivity contribution in [1.29, 1.82) is 0 Å². The van der Waals surface area contributed by atoms with Gasteiger partial charge in [0, 0.05) is 0 Å². The molecule has 0 bridgehead atoms. The Morgan fingerprint density at radius 1 is 0.800 bits per heavy atom. The molecule has 0 saturated heterocycles. The molecule has 0 spiro atoms. The normalized spacial score (nSPS) is 17.5. The van der Waals surface area contributed by atoms with Crippen molar-refractivity contribution in [2.24, 2.45) is 0 Å². The summed E-state index contributed by atoms with van der Waals surface area (Å²) < 4.78 is 1.04. The van der Waals surface area contributed by atoms with E-state index in [0.717, 1.165) is 4.22 Å². The Kier molecular flexibility index (Phi) is 18.6. The van der Waals surface area contributed by atoms with E-state index in [1.165, 1.54) is 32.1 Å². The summed E-state index contributed by atoms with van der Waals surface area (Å²) in [5.41, 5.74) is 0. The van der Waals surface area contributed by atoms with Gasteiger partial charge in [0.15, 0.2) is 0 Å². The molecule has 1 fully saturated rings. The molecule has 0 aromatic rings. The van der Waals surface area contributed by atoms with Gasteiger partial charge in [0.05, 0.1) is 0 Å². The molecule has 1 saturated carbocycles. The number of hydrogen-bond donors (Lipinski definition) is 0. The van der Waals surface area contributed by atoms with Crippen molar-refractivity contribution in [1.82, 2.24) is 0 Å². The first-order valence-electron chi connectivity index (χ1n) is 3.11. The molecule has 1 aliphatic carbocycles. The summed E-state index contributed by atoms with van der Waals surface area (Å²) in [5, 5.41) is 0. The molecule has 0 nitrogen and oxygen atoms in total. The fourth-order valence-corrected chi connectivity index (χ4v) is 1.74. The molecule has 0 atom stereocenters. The van der Waals surface area contributed by atoms with E-state index in [2.05, 4.69) is 20.4 Å². The molecule has 0 aliphatic heterocycles. The zero-order valence-corrected chi connectivity index (χ0v) is 9.85. The van der Waals surface area contributed by atoms with Gasteiger partial charge in [-0.1, -0.05) is 0 Å². The maximum absolute atomic E-state index is 2.36. The first kappa shape index (κ1) is 17.6. The summed E-state index contributed by atoms with van der Waals surface area (Å²) in [6.07, 6.45) is 7.44. The fraction of sp³-hybridized carbons (Fsp3) is 1.00. The molecule has 0 heterocycles. The van der Waals surface area contributed by atoms with Crippen LogP contribution in [0.2, 0.25) is 4.22 Å². The van der Waals surface area contributed by atoms with Gasteiger partial charge in [-0.05, 0) is 0 Å². The number of halogens is 3. The van der Waals surface area contributed by atoms with Gasteiger partial charge < -0.3 is 0 Å². The monoisotopic (exact) mass is 239 g/mol. The molecule has 0 radical (unpaired) electrons. The second kappa shape index (κ2) is 10.6. The van der Waals surface area contributed by atoms with Crippen molar-refractivity contribution in [2.45, 2.75) is 36.3 Å². The van der Waals surface area contributed by atoms with E-state index in [4.69, 9.17) is 0 Å². The molecule has 0 aromatic carbocycles. The van der Waals surface area contributed by atoms with Gasteiger partial charge >= 0.3 is 56.8 Å². The topological polar surface area (TPSA) is 0 Å². The van der Waals surface area contributed by atoms with E-state index in [0.29, 0.717) is 0 Å². The van der Waals surface area contributed by atoms with Crippen LogP contribution in [0, 0.1) is 0 Å². The molecule has 0 N–H and O–H groups in total. The Hall–Kier alpha value is 1.58. The fourth-order valence-electron chi connectivity index (χ4n) is 1.10. The van der Waals surface area contributed by atoms with Gasteiger partial charge in [0.25, 0.3) is 0 Å². The van der Waals surface area contributed by atoms with Crippen LogP contribution in [0.3, 0.4) is 0 Å². The molecular formula is C6H14Cl3Ti. The van der Waals surface area contributed by atoms with Crippen molar-refractivity contribution in [3.63, 3.8) is 0 Å². The van der Waals surface area contributed by atoms with Gasteiger partial charge in [-0.3, -0.25) is 0 Å². The van der Waals surface area contributed by atoms with E-state index in [1.807, 2.05) is 0 Å². The van der Waals surface area contributed by atoms with Crippen LogP contribution >= 0.6 is 37.2 Å². The third-order valence-corrected chi connectivity index (χ3v) is 2.51. The van der Waals surface area contributed by atoms with Gasteiger partial charge in [-0.15, -0.1) is 37.2 Å². The summed E-state index contributed by atoms with van der Waals surface area (Å²) in [6.45, 7) is 0. The Morgan fingerprint density at radius 3 is 1.40 bits per heavy atom. The first-order valence-corrected chi connectivity index (χ1v) is 4.01. The Morgan fingerprint density at radius 2 is 1.20 bits per heavy atom. The SMILES string of the molecule is Cl.Cl.Cl.[Ti][CH]1CCCCC1. The first-order chi connectivity index (χ1) is 3.39. The van der Waals surface area contributed by atoms with Crippen molar-refractivity contribution >= 4 is 37.2 Å². The van der Waals surface area contributed by atoms with Crippen molar-refractivity contribution < 1.29 is 20.4 Å².